The van der Waals surface area contributed by atoms with Crippen LogP contribution in [-0.2, 0) is 17.8 Å². The zero-order valence-electron chi connectivity index (χ0n) is 13.5. The Hall–Kier alpha value is -3.20. The number of benzene rings is 1. The molecule has 0 fully saturated rings. The van der Waals surface area contributed by atoms with Crippen LogP contribution in [0.15, 0.2) is 41.3 Å². The number of hydrogen-bond acceptors (Lipinski definition) is 5. The number of pyridine rings is 1. The van der Waals surface area contributed by atoms with Gasteiger partial charge in [-0.2, -0.15) is 0 Å². The van der Waals surface area contributed by atoms with Crippen LogP contribution in [0, 0.1) is 10.1 Å². The third-order valence-corrected chi connectivity index (χ3v) is 3.76. The molecule has 10 heteroatoms. The summed E-state index contributed by atoms with van der Waals surface area (Å²) < 4.78 is 0.788. The number of nitrogens with one attached hydrogen (secondary N) is 1. The van der Waals surface area contributed by atoms with Crippen molar-refractivity contribution < 1.29 is 14.5 Å². The summed E-state index contributed by atoms with van der Waals surface area (Å²) in [5, 5.41) is 14.1. The smallest absolute Gasteiger partial charge is 0.286 e. The van der Waals surface area contributed by atoms with Crippen LogP contribution in [0.5, 0.6) is 0 Å². The minimum absolute atomic E-state index is 0.298. The monoisotopic (exact) mass is 378 g/mol. The van der Waals surface area contributed by atoms with Crippen molar-refractivity contribution in [2.45, 2.75) is 13.0 Å². The van der Waals surface area contributed by atoms with Gasteiger partial charge in [-0.25, -0.2) is 0 Å². The van der Waals surface area contributed by atoms with E-state index in [1.54, 1.807) is 12.1 Å². The molecule has 0 aliphatic rings. The minimum atomic E-state index is -1.10. The van der Waals surface area contributed by atoms with Gasteiger partial charge in [0.25, 0.3) is 17.2 Å². The average molecular weight is 379 g/mol. The first-order valence-electron chi connectivity index (χ1n) is 7.47. The summed E-state index contributed by atoms with van der Waals surface area (Å²) >= 11 is 5.79. The van der Waals surface area contributed by atoms with Crippen LogP contribution < -0.4 is 16.6 Å². The Kier molecular flexibility index (Phi) is 6.07. The number of amides is 2. The normalized spacial score (nSPS) is 10.3. The highest BCUT2D eigenvalue weighted by atomic mass is 35.5. The molecule has 0 aliphatic heterocycles. The highest BCUT2D eigenvalue weighted by Crippen LogP contribution is 2.11. The fraction of sp³-hybridized carbons (Fsp3) is 0.188. The summed E-state index contributed by atoms with van der Waals surface area (Å²) in [4.78, 5) is 45.5. The molecule has 26 heavy (non-hydrogen) atoms. The van der Waals surface area contributed by atoms with Crippen molar-refractivity contribution >= 4 is 29.1 Å². The first kappa shape index (κ1) is 19.1. The van der Waals surface area contributed by atoms with Crippen LogP contribution in [0.4, 0.5) is 5.69 Å². The highest BCUT2D eigenvalue weighted by molar-refractivity contribution is 6.30. The van der Waals surface area contributed by atoms with Gasteiger partial charge in [0.1, 0.15) is 12.1 Å². The first-order chi connectivity index (χ1) is 12.3. The number of carbonyl (C=O) groups is 2. The maximum absolute atomic E-state index is 12.1. The molecule has 0 spiro atoms. The maximum atomic E-state index is 12.1. The van der Waals surface area contributed by atoms with E-state index in [4.69, 9.17) is 17.3 Å². The summed E-state index contributed by atoms with van der Waals surface area (Å²) in [6.07, 6.45) is 1.44. The molecule has 2 aromatic rings. The average Bonchev–Trinajstić information content (AvgIpc) is 2.58. The lowest BCUT2D eigenvalue weighted by Gasteiger charge is -2.08. The van der Waals surface area contributed by atoms with Crippen LogP contribution in [0.2, 0.25) is 5.02 Å². The molecule has 1 aromatic heterocycles. The van der Waals surface area contributed by atoms with Gasteiger partial charge in [0.05, 0.1) is 11.1 Å². The molecule has 0 bridgehead atoms. The fourth-order valence-electron chi connectivity index (χ4n) is 2.22. The molecule has 1 aromatic carbocycles. The van der Waals surface area contributed by atoms with Gasteiger partial charge in [-0.1, -0.05) is 23.7 Å². The molecule has 1 heterocycles. The van der Waals surface area contributed by atoms with Gasteiger partial charge >= 0.3 is 0 Å². The largest absolute Gasteiger partial charge is 0.365 e. The van der Waals surface area contributed by atoms with Gasteiger partial charge in [-0.05, 0) is 24.1 Å². The molecule has 0 unspecified atom stereocenters. The molecule has 0 radical (unpaired) electrons. The van der Waals surface area contributed by atoms with Gasteiger partial charge < -0.3 is 11.1 Å². The molecule has 9 nitrogen and oxygen atoms in total. The van der Waals surface area contributed by atoms with Crippen LogP contribution >= 0.6 is 11.6 Å². The Morgan fingerprint density at radius 3 is 2.50 bits per heavy atom. The Morgan fingerprint density at radius 2 is 1.92 bits per heavy atom. The summed E-state index contributed by atoms with van der Waals surface area (Å²) in [6, 6.07) is 7.89. The van der Waals surface area contributed by atoms with Gasteiger partial charge in [0.2, 0.25) is 5.91 Å². The molecule has 136 valence electrons. The molecule has 0 aliphatic carbocycles. The molecule has 3 N–H and O–H groups in total. The van der Waals surface area contributed by atoms with Crippen molar-refractivity contribution in [3.8, 4) is 0 Å². The molecule has 0 atom stereocenters. The fourth-order valence-corrected chi connectivity index (χ4v) is 2.35. The SMILES string of the molecule is NC(=O)c1cc([N+](=O)[O-])cn(CC(=O)NCCc2ccc(Cl)cc2)c1=O. The number of nitrogens with two attached hydrogens (primary N) is 1. The van der Waals surface area contributed by atoms with E-state index in [9.17, 15) is 24.5 Å². The summed E-state index contributed by atoms with van der Waals surface area (Å²) in [6.45, 7) is -0.172. The molecule has 0 saturated heterocycles. The lowest BCUT2D eigenvalue weighted by atomic mass is 10.1. The number of halogens is 1. The van der Waals surface area contributed by atoms with E-state index < -0.39 is 40.1 Å². The van der Waals surface area contributed by atoms with E-state index in [0.717, 1.165) is 22.4 Å². The van der Waals surface area contributed by atoms with E-state index in [0.29, 0.717) is 18.0 Å². The number of rotatable bonds is 7. The third kappa shape index (κ3) is 4.90. The van der Waals surface area contributed by atoms with Crippen molar-refractivity contribution in [1.29, 1.82) is 0 Å². The standard InChI is InChI=1S/C16H15ClN4O5/c17-11-3-1-10(2-4-11)5-6-19-14(22)9-20-8-12(21(25)26)7-13(15(18)23)16(20)24/h1-4,7-8H,5-6,9H2,(H2,18,23)(H,19,22). The van der Waals surface area contributed by atoms with Gasteiger partial charge in [-0.15, -0.1) is 0 Å². The molecular formula is C16H15ClN4O5. The Balaban J connectivity index is 2.05. The molecule has 0 saturated carbocycles. The van der Waals surface area contributed by atoms with Crippen molar-refractivity contribution in [2.75, 3.05) is 6.54 Å². The van der Waals surface area contributed by atoms with Gasteiger partial charge in [0, 0.05) is 17.6 Å². The Morgan fingerprint density at radius 1 is 1.27 bits per heavy atom. The number of nitrogens with zero attached hydrogens (tertiary/aromatic N) is 2. The maximum Gasteiger partial charge on any atom is 0.286 e. The highest BCUT2D eigenvalue weighted by Gasteiger charge is 2.18. The Bertz CT molecular complexity index is 908. The molecular weight excluding hydrogens is 364 g/mol. The van der Waals surface area contributed by atoms with Crippen LogP contribution in [0.25, 0.3) is 0 Å². The summed E-state index contributed by atoms with van der Waals surface area (Å²) in [5.41, 5.74) is 4.09. The lowest BCUT2D eigenvalue weighted by Crippen LogP contribution is -2.36. The van der Waals surface area contributed by atoms with Crippen molar-refractivity contribution in [1.82, 2.24) is 9.88 Å². The lowest BCUT2D eigenvalue weighted by molar-refractivity contribution is -0.385. The van der Waals surface area contributed by atoms with Crippen molar-refractivity contribution in [3.63, 3.8) is 0 Å². The summed E-state index contributed by atoms with van der Waals surface area (Å²) in [5.74, 6) is -1.63. The van der Waals surface area contributed by atoms with Crippen LogP contribution in [-0.4, -0.2) is 27.8 Å². The van der Waals surface area contributed by atoms with Crippen molar-refractivity contribution in [3.05, 3.63) is 73.1 Å². The number of aromatic nitrogens is 1. The number of nitro groups is 1. The zero-order valence-corrected chi connectivity index (χ0v) is 14.2. The summed E-state index contributed by atoms with van der Waals surface area (Å²) in [7, 11) is 0. The number of hydrogen-bond donors (Lipinski definition) is 2. The van der Waals surface area contributed by atoms with E-state index in [1.165, 1.54) is 0 Å². The number of primary amides is 1. The van der Waals surface area contributed by atoms with E-state index in [-0.39, 0.29) is 0 Å². The first-order valence-corrected chi connectivity index (χ1v) is 7.85. The van der Waals surface area contributed by atoms with Crippen molar-refractivity contribution in [2.24, 2.45) is 5.73 Å². The minimum Gasteiger partial charge on any atom is -0.365 e. The van der Waals surface area contributed by atoms with E-state index in [1.807, 2.05) is 12.1 Å². The van der Waals surface area contributed by atoms with Crippen LogP contribution in [0.3, 0.4) is 0 Å². The Labute approximate surface area is 152 Å². The second-order valence-corrected chi connectivity index (χ2v) is 5.83. The quantitative estimate of drug-likeness (QED) is 0.543. The third-order valence-electron chi connectivity index (χ3n) is 3.51. The predicted molar refractivity (Wildman–Crippen MR) is 94.0 cm³/mol. The molecule has 2 rings (SSSR count). The van der Waals surface area contributed by atoms with E-state index in [2.05, 4.69) is 5.32 Å². The van der Waals surface area contributed by atoms with Gasteiger partial charge in [-0.3, -0.25) is 29.1 Å². The number of carbonyl (C=O) groups excluding carboxylic acids is 2. The van der Waals surface area contributed by atoms with Crippen LogP contribution in [0.1, 0.15) is 15.9 Å². The second kappa shape index (κ2) is 8.26. The predicted octanol–water partition coefficient (Wildman–Crippen LogP) is 0.868. The molecule has 2 amide bonds. The topological polar surface area (TPSA) is 137 Å². The van der Waals surface area contributed by atoms with Gasteiger partial charge in [0.15, 0.2) is 0 Å². The zero-order chi connectivity index (χ0) is 19.3. The van der Waals surface area contributed by atoms with E-state index >= 15 is 0 Å². The second-order valence-electron chi connectivity index (χ2n) is 5.39.